The number of aromatic amines is 1. The molecule has 0 aliphatic heterocycles. The zero-order valence-corrected chi connectivity index (χ0v) is 20.9. The van der Waals surface area contributed by atoms with E-state index in [1.807, 2.05) is 42.5 Å². The van der Waals surface area contributed by atoms with Crippen molar-refractivity contribution in [2.24, 2.45) is 17.8 Å². The molecule has 2 saturated carbocycles. The van der Waals surface area contributed by atoms with Gasteiger partial charge in [0.2, 0.25) is 5.91 Å². The number of hydrogen-bond acceptors (Lipinski definition) is 3. The van der Waals surface area contributed by atoms with Crippen molar-refractivity contribution in [2.45, 2.75) is 25.7 Å². The first-order valence-corrected chi connectivity index (χ1v) is 12.9. The number of fused-ring (bicyclic) bond motifs is 3. The summed E-state index contributed by atoms with van der Waals surface area (Å²) in [6.45, 7) is 0. The first-order chi connectivity index (χ1) is 17.4. The van der Waals surface area contributed by atoms with E-state index in [9.17, 15) is 9.59 Å². The van der Waals surface area contributed by atoms with Crippen LogP contribution in [0.5, 0.6) is 0 Å². The zero-order valence-electron chi connectivity index (χ0n) is 19.4. The summed E-state index contributed by atoms with van der Waals surface area (Å²) < 4.78 is 0. The highest BCUT2D eigenvalue weighted by Gasteiger charge is 2.43. The van der Waals surface area contributed by atoms with E-state index in [-0.39, 0.29) is 17.7 Å². The SMILES string of the molecule is O=C(Nc1ccc(-c2nc3ccc(NC(=O)C4CC5CCC4C5)cc3[nH]2)cc1)c1ccc(Cl)cc1Cl. The normalized spacial score (nSPS) is 20.6. The van der Waals surface area contributed by atoms with Crippen molar-refractivity contribution in [3.05, 3.63) is 76.3 Å². The Morgan fingerprint density at radius 3 is 2.42 bits per heavy atom. The molecular formula is C28H24Cl2N4O2. The highest BCUT2D eigenvalue weighted by Crippen LogP contribution is 2.48. The minimum Gasteiger partial charge on any atom is -0.338 e. The maximum atomic E-state index is 12.8. The van der Waals surface area contributed by atoms with E-state index < -0.39 is 0 Å². The van der Waals surface area contributed by atoms with Gasteiger partial charge in [-0.3, -0.25) is 9.59 Å². The Bertz CT molecular complexity index is 1480. The van der Waals surface area contributed by atoms with Crippen molar-refractivity contribution in [3.63, 3.8) is 0 Å². The van der Waals surface area contributed by atoms with Crippen LogP contribution < -0.4 is 10.6 Å². The van der Waals surface area contributed by atoms with Crippen molar-refractivity contribution in [2.75, 3.05) is 10.6 Å². The molecule has 1 heterocycles. The number of anilines is 2. The predicted molar refractivity (Wildman–Crippen MR) is 144 cm³/mol. The van der Waals surface area contributed by atoms with Crippen molar-refractivity contribution in [1.82, 2.24) is 9.97 Å². The van der Waals surface area contributed by atoms with Gasteiger partial charge in [0.15, 0.2) is 0 Å². The molecule has 0 spiro atoms. The lowest BCUT2D eigenvalue weighted by atomic mass is 9.88. The lowest BCUT2D eigenvalue weighted by Crippen LogP contribution is -2.27. The number of halogens is 2. The fourth-order valence-corrected chi connectivity index (χ4v) is 6.10. The summed E-state index contributed by atoms with van der Waals surface area (Å²) in [6, 6.07) is 17.9. The van der Waals surface area contributed by atoms with Crippen molar-refractivity contribution < 1.29 is 9.59 Å². The average Bonchev–Trinajstić information content (AvgIpc) is 3.60. The Morgan fingerprint density at radius 2 is 1.69 bits per heavy atom. The third-order valence-electron chi connectivity index (χ3n) is 7.42. The summed E-state index contributed by atoms with van der Waals surface area (Å²) in [5, 5.41) is 6.73. The van der Waals surface area contributed by atoms with Crippen molar-refractivity contribution in [3.8, 4) is 11.4 Å². The van der Waals surface area contributed by atoms with E-state index in [0.29, 0.717) is 33.0 Å². The summed E-state index contributed by atoms with van der Waals surface area (Å²) in [4.78, 5) is 33.4. The number of carbonyl (C=O) groups excluding carboxylic acids is 2. The molecule has 3 aromatic carbocycles. The number of nitrogens with one attached hydrogen (secondary N) is 3. The lowest BCUT2D eigenvalue weighted by molar-refractivity contribution is -0.121. The molecule has 3 atom stereocenters. The van der Waals surface area contributed by atoms with Gasteiger partial charge >= 0.3 is 0 Å². The molecule has 1 aromatic heterocycles. The molecule has 182 valence electrons. The van der Waals surface area contributed by atoms with Crippen LogP contribution in [0.3, 0.4) is 0 Å². The second kappa shape index (κ2) is 9.26. The summed E-state index contributed by atoms with van der Waals surface area (Å²) in [5.41, 5.74) is 4.32. The third kappa shape index (κ3) is 4.47. The molecule has 6 nitrogen and oxygen atoms in total. The first-order valence-electron chi connectivity index (χ1n) is 12.1. The molecule has 3 N–H and O–H groups in total. The topological polar surface area (TPSA) is 86.9 Å². The number of aromatic nitrogens is 2. The monoisotopic (exact) mass is 518 g/mol. The van der Waals surface area contributed by atoms with Gasteiger partial charge in [0, 0.05) is 27.9 Å². The van der Waals surface area contributed by atoms with Crippen LogP contribution in [-0.4, -0.2) is 21.8 Å². The van der Waals surface area contributed by atoms with Gasteiger partial charge in [0.05, 0.1) is 21.6 Å². The van der Waals surface area contributed by atoms with Gasteiger partial charge in [-0.2, -0.15) is 0 Å². The molecule has 0 saturated heterocycles. The zero-order chi connectivity index (χ0) is 24.8. The van der Waals surface area contributed by atoms with Gasteiger partial charge in [-0.15, -0.1) is 0 Å². The number of hydrogen-bond donors (Lipinski definition) is 3. The molecule has 2 aliphatic rings. The highest BCUT2D eigenvalue weighted by molar-refractivity contribution is 6.37. The Kier molecular flexibility index (Phi) is 5.94. The Balaban J connectivity index is 1.15. The fraction of sp³-hybridized carbons (Fsp3) is 0.250. The molecule has 8 heteroatoms. The Hall–Kier alpha value is -3.35. The second-order valence-corrected chi connectivity index (χ2v) is 10.6. The van der Waals surface area contributed by atoms with Crippen LogP contribution in [0.1, 0.15) is 36.0 Å². The quantitative estimate of drug-likeness (QED) is 0.261. The summed E-state index contributed by atoms with van der Waals surface area (Å²) >= 11 is 12.1. The maximum absolute atomic E-state index is 12.8. The van der Waals surface area contributed by atoms with E-state index in [1.165, 1.54) is 25.3 Å². The Labute approximate surface area is 218 Å². The van der Waals surface area contributed by atoms with Crippen molar-refractivity contribution >= 4 is 57.4 Å². The van der Waals surface area contributed by atoms with E-state index in [1.54, 1.807) is 12.1 Å². The number of imidazole rings is 1. The number of benzene rings is 3. The largest absolute Gasteiger partial charge is 0.338 e. The maximum Gasteiger partial charge on any atom is 0.257 e. The molecule has 3 unspecified atom stereocenters. The van der Waals surface area contributed by atoms with Gasteiger partial charge in [-0.05, 0) is 91.8 Å². The highest BCUT2D eigenvalue weighted by atomic mass is 35.5. The molecular weight excluding hydrogens is 495 g/mol. The van der Waals surface area contributed by atoms with Gasteiger partial charge in [0.25, 0.3) is 5.91 Å². The molecule has 2 aliphatic carbocycles. The molecule has 2 bridgehead atoms. The number of H-pyrrole nitrogens is 1. The summed E-state index contributed by atoms with van der Waals surface area (Å²) in [5.74, 6) is 1.96. The summed E-state index contributed by atoms with van der Waals surface area (Å²) in [6.07, 6.45) is 4.69. The smallest absolute Gasteiger partial charge is 0.257 e. The fourth-order valence-electron chi connectivity index (χ4n) is 5.61. The molecule has 36 heavy (non-hydrogen) atoms. The average molecular weight is 519 g/mol. The number of amides is 2. The van der Waals surface area contributed by atoms with Crippen LogP contribution in [0, 0.1) is 17.8 Å². The number of carbonyl (C=O) groups is 2. The second-order valence-electron chi connectivity index (χ2n) is 9.74. The first kappa shape index (κ1) is 23.1. The molecule has 2 amide bonds. The van der Waals surface area contributed by atoms with Gasteiger partial charge in [-0.25, -0.2) is 4.98 Å². The standard InChI is InChI=1S/C28H24Cl2N4O2/c29-18-5-9-21(23(30)13-18)27(35)31-19-6-3-16(4-7-19)26-33-24-10-8-20(14-25(24)34-26)32-28(36)22-12-15-1-2-17(22)11-15/h3-10,13-15,17,22H,1-2,11-12H2,(H,31,35)(H,32,36)(H,33,34). The summed E-state index contributed by atoms with van der Waals surface area (Å²) in [7, 11) is 0. The molecule has 6 rings (SSSR count). The minimum absolute atomic E-state index is 0.138. The van der Waals surface area contributed by atoms with E-state index in [2.05, 4.69) is 20.6 Å². The van der Waals surface area contributed by atoms with Crippen LogP contribution in [0.25, 0.3) is 22.4 Å². The molecule has 2 fully saturated rings. The van der Waals surface area contributed by atoms with Gasteiger partial charge < -0.3 is 15.6 Å². The van der Waals surface area contributed by atoms with Crippen LogP contribution in [0.15, 0.2) is 60.7 Å². The van der Waals surface area contributed by atoms with Gasteiger partial charge in [0.1, 0.15) is 5.82 Å². The Morgan fingerprint density at radius 1 is 0.889 bits per heavy atom. The van der Waals surface area contributed by atoms with Crippen LogP contribution in [0.4, 0.5) is 11.4 Å². The van der Waals surface area contributed by atoms with Crippen LogP contribution >= 0.6 is 23.2 Å². The third-order valence-corrected chi connectivity index (χ3v) is 7.96. The van der Waals surface area contributed by atoms with E-state index in [0.717, 1.165) is 34.6 Å². The number of nitrogens with zero attached hydrogens (tertiary/aromatic N) is 1. The van der Waals surface area contributed by atoms with E-state index >= 15 is 0 Å². The number of rotatable bonds is 5. The molecule has 4 aromatic rings. The lowest BCUT2D eigenvalue weighted by Gasteiger charge is -2.20. The van der Waals surface area contributed by atoms with Crippen molar-refractivity contribution in [1.29, 1.82) is 0 Å². The molecule has 0 radical (unpaired) electrons. The predicted octanol–water partition coefficient (Wildman–Crippen LogP) is 7.16. The van der Waals surface area contributed by atoms with Crippen LogP contribution in [-0.2, 0) is 4.79 Å². The van der Waals surface area contributed by atoms with Crippen LogP contribution in [0.2, 0.25) is 10.0 Å². The van der Waals surface area contributed by atoms with Gasteiger partial charge in [-0.1, -0.05) is 29.6 Å². The minimum atomic E-state index is -0.312. The van der Waals surface area contributed by atoms with E-state index in [4.69, 9.17) is 23.2 Å².